The molecule has 0 amide bonds. The maximum atomic E-state index is 14.4. The lowest BCUT2D eigenvalue weighted by atomic mass is 9.94. The molecule has 3 rings (SSSR count). The summed E-state index contributed by atoms with van der Waals surface area (Å²) in [4.78, 5) is 0. The molecule has 1 nitrogen and oxygen atoms in total. The molecule has 0 bridgehead atoms. The van der Waals surface area contributed by atoms with Gasteiger partial charge < -0.3 is 4.74 Å². The van der Waals surface area contributed by atoms with E-state index in [4.69, 9.17) is 4.74 Å². The molecule has 0 N–H and O–H groups in total. The van der Waals surface area contributed by atoms with E-state index in [1.165, 1.54) is 6.07 Å². The number of hydrogen-bond acceptors (Lipinski definition) is 1. The van der Waals surface area contributed by atoms with Crippen LogP contribution in [0.15, 0.2) is 72.8 Å². The Balaban J connectivity index is 2.10. The van der Waals surface area contributed by atoms with Crippen LogP contribution in [0.25, 0.3) is 22.3 Å². The van der Waals surface area contributed by atoms with E-state index < -0.39 is 0 Å². The van der Waals surface area contributed by atoms with Crippen molar-refractivity contribution >= 4 is 0 Å². The third-order valence-electron chi connectivity index (χ3n) is 3.55. The Hall–Kier alpha value is -2.61. The molecule has 0 spiro atoms. The average molecular weight is 292 g/mol. The summed E-state index contributed by atoms with van der Waals surface area (Å²) in [5.41, 5.74) is 3.37. The average Bonchev–Trinajstić information content (AvgIpc) is 2.57. The van der Waals surface area contributed by atoms with E-state index in [9.17, 15) is 4.39 Å². The lowest BCUT2D eigenvalue weighted by molar-refractivity contribution is 0.340. The van der Waals surface area contributed by atoms with Crippen LogP contribution < -0.4 is 4.74 Å². The molecule has 110 valence electrons. The van der Waals surface area contributed by atoms with Gasteiger partial charge in [0.05, 0.1) is 6.61 Å². The first kappa shape index (κ1) is 14.3. The van der Waals surface area contributed by atoms with Gasteiger partial charge in [-0.15, -0.1) is 0 Å². The Kier molecular flexibility index (Phi) is 4.19. The second-order valence-electron chi connectivity index (χ2n) is 4.99. The van der Waals surface area contributed by atoms with Crippen molar-refractivity contribution in [3.05, 3.63) is 78.6 Å². The van der Waals surface area contributed by atoms with Crippen LogP contribution in [-0.4, -0.2) is 6.61 Å². The van der Waals surface area contributed by atoms with Gasteiger partial charge >= 0.3 is 0 Å². The van der Waals surface area contributed by atoms with E-state index in [0.717, 1.165) is 22.4 Å². The smallest absolute Gasteiger partial charge is 0.131 e. The van der Waals surface area contributed by atoms with Gasteiger partial charge in [-0.2, -0.15) is 0 Å². The molecule has 0 unspecified atom stereocenters. The normalized spacial score (nSPS) is 10.5. The Labute approximate surface area is 130 Å². The van der Waals surface area contributed by atoms with Crippen LogP contribution in [0.1, 0.15) is 6.92 Å². The van der Waals surface area contributed by atoms with Gasteiger partial charge in [-0.1, -0.05) is 54.6 Å². The molecule has 0 fully saturated rings. The van der Waals surface area contributed by atoms with Crippen LogP contribution in [0, 0.1) is 5.82 Å². The summed E-state index contributed by atoms with van der Waals surface area (Å²) in [6.07, 6.45) is 0. The Bertz CT molecular complexity index is 748. The predicted octanol–water partition coefficient (Wildman–Crippen LogP) is 5.56. The first-order valence-electron chi connectivity index (χ1n) is 7.36. The van der Waals surface area contributed by atoms with Crippen molar-refractivity contribution in [3.8, 4) is 28.0 Å². The fourth-order valence-electron chi connectivity index (χ4n) is 2.56. The third-order valence-corrected chi connectivity index (χ3v) is 3.55. The van der Waals surface area contributed by atoms with E-state index in [2.05, 4.69) is 0 Å². The van der Waals surface area contributed by atoms with Gasteiger partial charge in [0.15, 0.2) is 0 Å². The summed E-state index contributed by atoms with van der Waals surface area (Å²) in [5, 5.41) is 0. The quantitative estimate of drug-likeness (QED) is 0.612. The van der Waals surface area contributed by atoms with Crippen molar-refractivity contribution < 1.29 is 9.13 Å². The monoisotopic (exact) mass is 292 g/mol. The van der Waals surface area contributed by atoms with Gasteiger partial charge in [-0.25, -0.2) is 4.39 Å². The minimum Gasteiger partial charge on any atom is -0.494 e. The Morgan fingerprint density at radius 2 is 1.50 bits per heavy atom. The minimum absolute atomic E-state index is 0.217. The largest absolute Gasteiger partial charge is 0.494 e. The summed E-state index contributed by atoms with van der Waals surface area (Å²) in [6.45, 7) is 2.56. The number of rotatable bonds is 4. The lowest BCUT2D eigenvalue weighted by Gasteiger charge is -2.12. The zero-order chi connectivity index (χ0) is 15.4. The van der Waals surface area contributed by atoms with Crippen molar-refractivity contribution in [3.63, 3.8) is 0 Å². The molecule has 22 heavy (non-hydrogen) atoms. The molecule has 2 heteroatoms. The van der Waals surface area contributed by atoms with Gasteiger partial charge in [0.1, 0.15) is 11.6 Å². The highest BCUT2D eigenvalue weighted by atomic mass is 19.1. The molecule has 0 atom stereocenters. The van der Waals surface area contributed by atoms with Crippen LogP contribution in [0.4, 0.5) is 4.39 Å². The van der Waals surface area contributed by atoms with E-state index >= 15 is 0 Å². The number of benzene rings is 3. The first-order chi connectivity index (χ1) is 10.8. The number of halogens is 1. The van der Waals surface area contributed by atoms with Gasteiger partial charge in [-0.05, 0) is 41.8 Å². The molecular formula is C20H17FO. The fraction of sp³-hybridized carbons (Fsp3) is 0.100. The highest BCUT2D eigenvalue weighted by molar-refractivity contribution is 5.83. The van der Waals surface area contributed by atoms with Gasteiger partial charge in [0, 0.05) is 5.56 Å². The Morgan fingerprint density at radius 3 is 2.18 bits per heavy atom. The van der Waals surface area contributed by atoms with Crippen molar-refractivity contribution in [2.45, 2.75) is 6.92 Å². The van der Waals surface area contributed by atoms with Gasteiger partial charge in [0.2, 0.25) is 0 Å². The highest BCUT2D eigenvalue weighted by Gasteiger charge is 2.12. The lowest BCUT2D eigenvalue weighted by Crippen LogP contribution is -1.92. The van der Waals surface area contributed by atoms with E-state index in [0.29, 0.717) is 12.2 Å². The summed E-state index contributed by atoms with van der Waals surface area (Å²) in [6, 6.07) is 22.6. The maximum Gasteiger partial charge on any atom is 0.131 e. The molecule has 0 radical (unpaired) electrons. The van der Waals surface area contributed by atoms with Gasteiger partial charge in [0.25, 0.3) is 0 Å². The van der Waals surface area contributed by atoms with Crippen molar-refractivity contribution in [2.75, 3.05) is 6.61 Å². The molecule has 0 aliphatic heterocycles. The first-order valence-corrected chi connectivity index (χ1v) is 7.36. The van der Waals surface area contributed by atoms with Crippen LogP contribution in [0.2, 0.25) is 0 Å². The fourth-order valence-corrected chi connectivity index (χ4v) is 2.56. The predicted molar refractivity (Wildman–Crippen MR) is 88.4 cm³/mol. The minimum atomic E-state index is -0.217. The molecular weight excluding hydrogens is 275 g/mol. The maximum absolute atomic E-state index is 14.4. The van der Waals surface area contributed by atoms with E-state index in [1.807, 2.05) is 67.6 Å². The van der Waals surface area contributed by atoms with Gasteiger partial charge in [-0.3, -0.25) is 0 Å². The molecule has 0 saturated heterocycles. The summed E-state index contributed by atoms with van der Waals surface area (Å²) < 4.78 is 19.9. The van der Waals surface area contributed by atoms with E-state index in [-0.39, 0.29) is 5.82 Å². The topological polar surface area (TPSA) is 9.23 Å². The van der Waals surface area contributed by atoms with Crippen molar-refractivity contribution in [2.24, 2.45) is 0 Å². The third kappa shape index (κ3) is 2.86. The van der Waals surface area contributed by atoms with Crippen molar-refractivity contribution in [1.82, 2.24) is 0 Å². The molecule has 0 aromatic heterocycles. The Morgan fingerprint density at radius 1 is 0.773 bits per heavy atom. The summed E-state index contributed by atoms with van der Waals surface area (Å²) in [5.74, 6) is 0.578. The van der Waals surface area contributed by atoms with Crippen molar-refractivity contribution in [1.29, 1.82) is 0 Å². The molecule has 0 heterocycles. The summed E-state index contributed by atoms with van der Waals surface area (Å²) >= 11 is 0. The molecule has 3 aromatic carbocycles. The number of ether oxygens (including phenoxy) is 1. The van der Waals surface area contributed by atoms with Crippen LogP contribution in [-0.2, 0) is 0 Å². The van der Waals surface area contributed by atoms with Crippen LogP contribution >= 0.6 is 0 Å². The molecule has 0 aliphatic carbocycles. The highest BCUT2D eigenvalue weighted by Crippen LogP contribution is 2.34. The zero-order valence-corrected chi connectivity index (χ0v) is 12.4. The van der Waals surface area contributed by atoms with Crippen LogP contribution in [0.3, 0.4) is 0 Å². The molecule has 3 aromatic rings. The number of hydrogen-bond donors (Lipinski definition) is 0. The van der Waals surface area contributed by atoms with Crippen LogP contribution in [0.5, 0.6) is 5.75 Å². The second kappa shape index (κ2) is 6.44. The standard InChI is InChI=1S/C20H17FO/c1-2-22-17-13-11-16(12-14-17)20-18(9-6-10-19(20)21)15-7-4-3-5-8-15/h3-14H,2H2,1H3. The second-order valence-corrected chi connectivity index (χ2v) is 4.99. The summed E-state index contributed by atoms with van der Waals surface area (Å²) in [7, 11) is 0. The molecule has 0 saturated carbocycles. The van der Waals surface area contributed by atoms with E-state index in [1.54, 1.807) is 6.07 Å². The molecule has 0 aliphatic rings. The zero-order valence-electron chi connectivity index (χ0n) is 12.4. The SMILES string of the molecule is CCOc1ccc(-c2c(F)cccc2-c2ccccc2)cc1.